The van der Waals surface area contributed by atoms with Gasteiger partial charge in [0.2, 0.25) is 0 Å². The van der Waals surface area contributed by atoms with E-state index in [4.69, 9.17) is 24.9 Å². The second-order valence-corrected chi connectivity index (χ2v) is 11.9. The Balaban J connectivity index is 1.05. The van der Waals surface area contributed by atoms with Crippen LogP contribution in [-0.4, -0.2) is 102 Å². The fraction of sp³-hybridized carbons (Fsp3) is 0.424. The third kappa shape index (κ3) is 5.95. The van der Waals surface area contributed by atoms with Crippen LogP contribution in [0.3, 0.4) is 0 Å². The van der Waals surface area contributed by atoms with Gasteiger partial charge in [0.15, 0.2) is 0 Å². The maximum Gasteiger partial charge on any atom is 0.134 e. The number of nitrogens with zero attached hydrogens (tertiary/aromatic N) is 10. The molecule has 2 aliphatic rings. The fourth-order valence-electron chi connectivity index (χ4n) is 6.39. The largest absolute Gasteiger partial charge is 0.383 e. The Hall–Kier alpha value is -4.19. The molecule has 11 heteroatoms. The number of rotatable bonds is 10. The van der Waals surface area contributed by atoms with Gasteiger partial charge in [0.05, 0.1) is 48.5 Å². The molecule has 0 atom stereocenters. The monoisotopic (exact) mass is 592 g/mol. The van der Waals surface area contributed by atoms with Crippen LogP contribution in [0, 0.1) is 0 Å². The van der Waals surface area contributed by atoms with E-state index >= 15 is 0 Å². The first kappa shape index (κ1) is 28.6. The molecule has 11 nitrogen and oxygen atoms in total. The number of ether oxygens (including phenoxy) is 1. The molecule has 1 saturated heterocycles. The number of aromatic nitrogens is 8. The summed E-state index contributed by atoms with van der Waals surface area (Å²) in [7, 11) is 5.73. The molecule has 5 heterocycles. The summed E-state index contributed by atoms with van der Waals surface area (Å²) in [5.41, 5.74) is 9.84. The van der Waals surface area contributed by atoms with Crippen molar-refractivity contribution in [3.8, 4) is 33.6 Å². The summed E-state index contributed by atoms with van der Waals surface area (Å²) in [5.74, 6) is 0.788. The van der Waals surface area contributed by atoms with Crippen molar-refractivity contribution in [2.24, 2.45) is 14.1 Å². The van der Waals surface area contributed by atoms with Crippen LogP contribution in [0.25, 0.3) is 33.6 Å². The van der Waals surface area contributed by atoms with Gasteiger partial charge in [-0.2, -0.15) is 15.3 Å². The minimum atomic E-state index is 0.600. The van der Waals surface area contributed by atoms with Crippen molar-refractivity contribution < 1.29 is 4.74 Å². The van der Waals surface area contributed by atoms with E-state index in [0.29, 0.717) is 6.42 Å². The van der Waals surface area contributed by atoms with Crippen molar-refractivity contribution in [3.63, 3.8) is 0 Å². The molecule has 1 aromatic carbocycles. The first-order valence-corrected chi connectivity index (χ1v) is 15.5. The predicted octanol–water partition coefficient (Wildman–Crippen LogP) is 3.09. The maximum absolute atomic E-state index is 5.22. The number of aryl methyl sites for hydroxylation is 4. The van der Waals surface area contributed by atoms with Gasteiger partial charge in [-0.15, -0.1) is 0 Å². The molecule has 4 aromatic heterocycles. The Kier molecular flexibility index (Phi) is 8.07. The topological polar surface area (TPSA) is 95.0 Å². The molecule has 0 amide bonds. The van der Waals surface area contributed by atoms with Crippen LogP contribution < -0.4 is 0 Å². The molecule has 1 aliphatic carbocycles. The van der Waals surface area contributed by atoms with Crippen LogP contribution in [0.1, 0.15) is 22.8 Å². The lowest BCUT2D eigenvalue weighted by Gasteiger charge is -2.34. The third-order valence-electron chi connectivity index (χ3n) is 8.86. The number of hydrogen-bond acceptors (Lipinski definition) is 8. The summed E-state index contributed by atoms with van der Waals surface area (Å²) in [6, 6.07) is 10.7. The molecule has 7 rings (SSSR count). The van der Waals surface area contributed by atoms with E-state index in [0.717, 1.165) is 116 Å². The molecule has 0 unspecified atom stereocenters. The molecule has 228 valence electrons. The molecule has 0 radical (unpaired) electrons. The summed E-state index contributed by atoms with van der Waals surface area (Å²) in [6.07, 6.45) is 10.4. The fourth-order valence-corrected chi connectivity index (χ4v) is 6.39. The van der Waals surface area contributed by atoms with Gasteiger partial charge in [-0.05, 0) is 30.0 Å². The van der Waals surface area contributed by atoms with E-state index in [1.807, 2.05) is 42.0 Å². The van der Waals surface area contributed by atoms with E-state index < -0.39 is 0 Å². The lowest BCUT2D eigenvalue weighted by atomic mass is 9.91. The van der Waals surface area contributed by atoms with Crippen LogP contribution in [0.4, 0.5) is 0 Å². The van der Waals surface area contributed by atoms with Crippen molar-refractivity contribution in [2.75, 3.05) is 53.0 Å². The third-order valence-corrected chi connectivity index (χ3v) is 8.86. The van der Waals surface area contributed by atoms with E-state index in [-0.39, 0.29) is 0 Å². The molecule has 0 bridgehead atoms. The Labute approximate surface area is 258 Å². The summed E-state index contributed by atoms with van der Waals surface area (Å²) in [5, 5.41) is 14.1. The molecular weight excluding hydrogens is 552 g/mol. The molecule has 0 spiro atoms. The van der Waals surface area contributed by atoms with Crippen molar-refractivity contribution in [1.82, 2.24) is 49.1 Å². The highest BCUT2D eigenvalue weighted by atomic mass is 16.5. The Bertz CT molecular complexity index is 1730. The highest BCUT2D eigenvalue weighted by Gasteiger charge is 2.27. The molecule has 44 heavy (non-hydrogen) atoms. The van der Waals surface area contributed by atoms with Crippen molar-refractivity contribution in [2.45, 2.75) is 25.8 Å². The van der Waals surface area contributed by atoms with E-state index in [1.54, 1.807) is 7.11 Å². The van der Waals surface area contributed by atoms with Crippen LogP contribution in [-0.2, 0) is 44.6 Å². The zero-order valence-electron chi connectivity index (χ0n) is 25.9. The Morgan fingerprint density at radius 1 is 0.818 bits per heavy atom. The Morgan fingerprint density at radius 3 is 2.34 bits per heavy atom. The standard InChI is InChI=1S/C33H40N10O/c1-39-23-27(22-35-39)24-4-6-25(7-5-24)33-31-29(38-40(33)2)9-8-26-21-34-30(36-32(26)31)20-28-10-11-43(37-28)17-16-41-12-14-42(15-13-41)18-19-44-3/h4-7,10-11,21-23H,8-9,12-20H2,1-3H3. The summed E-state index contributed by atoms with van der Waals surface area (Å²) in [4.78, 5) is 14.9. The predicted molar refractivity (Wildman–Crippen MR) is 169 cm³/mol. The zero-order chi connectivity index (χ0) is 30.0. The van der Waals surface area contributed by atoms with Gasteiger partial charge < -0.3 is 4.74 Å². The van der Waals surface area contributed by atoms with Crippen molar-refractivity contribution in [3.05, 3.63) is 77.9 Å². The smallest absolute Gasteiger partial charge is 0.134 e. The van der Waals surface area contributed by atoms with Crippen molar-refractivity contribution in [1.29, 1.82) is 0 Å². The van der Waals surface area contributed by atoms with Gasteiger partial charge in [0.25, 0.3) is 0 Å². The van der Waals surface area contributed by atoms with Crippen LogP contribution in [0.15, 0.2) is 55.1 Å². The summed E-state index contributed by atoms with van der Waals surface area (Å²) < 4.78 is 11.1. The van der Waals surface area contributed by atoms with E-state index in [2.05, 4.69) is 56.1 Å². The summed E-state index contributed by atoms with van der Waals surface area (Å²) in [6.45, 7) is 8.08. The minimum Gasteiger partial charge on any atom is -0.383 e. The van der Waals surface area contributed by atoms with Gasteiger partial charge in [-0.25, -0.2) is 9.97 Å². The molecule has 5 aromatic rings. The summed E-state index contributed by atoms with van der Waals surface area (Å²) >= 11 is 0. The molecule has 0 saturated carbocycles. The van der Waals surface area contributed by atoms with Crippen LogP contribution in [0.2, 0.25) is 0 Å². The Morgan fingerprint density at radius 2 is 1.59 bits per heavy atom. The second kappa shape index (κ2) is 12.4. The zero-order valence-corrected chi connectivity index (χ0v) is 25.9. The first-order chi connectivity index (χ1) is 21.5. The molecular formula is C33H40N10O. The van der Waals surface area contributed by atoms with Crippen molar-refractivity contribution >= 4 is 0 Å². The highest BCUT2D eigenvalue weighted by Crippen LogP contribution is 2.39. The number of methoxy groups -OCH3 is 1. The number of piperazine rings is 1. The quantitative estimate of drug-likeness (QED) is 0.244. The van der Waals surface area contributed by atoms with Gasteiger partial charge in [0.1, 0.15) is 5.82 Å². The lowest BCUT2D eigenvalue weighted by Crippen LogP contribution is -2.47. The SMILES string of the molecule is COCCN1CCN(CCn2ccc(Cc3ncc4c(n3)-c3c(nn(C)c3-c3ccc(-c5cnn(C)c5)cc3)CC4)n2)CC1. The van der Waals surface area contributed by atoms with E-state index in [1.165, 1.54) is 5.56 Å². The minimum absolute atomic E-state index is 0.600. The molecule has 1 fully saturated rings. The average Bonchev–Trinajstić information content (AvgIpc) is 3.77. The normalized spacial score (nSPS) is 15.4. The van der Waals surface area contributed by atoms with Crippen LogP contribution >= 0.6 is 0 Å². The van der Waals surface area contributed by atoms with Gasteiger partial charge in [-0.1, -0.05) is 24.3 Å². The lowest BCUT2D eigenvalue weighted by molar-refractivity contribution is 0.0948. The van der Waals surface area contributed by atoms with Crippen LogP contribution in [0.5, 0.6) is 0 Å². The first-order valence-electron chi connectivity index (χ1n) is 15.5. The van der Waals surface area contributed by atoms with Gasteiger partial charge >= 0.3 is 0 Å². The maximum atomic E-state index is 5.22. The number of hydrogen-bond donors (Lipinski definition) is 0. The molecule has 1 aliphatic heterocycles. The van der Waals surface area contributed by atoms with Gasteiger partial charge in [0, 0.05) is 95.8 Å². The number of fused-ring (bicyclic) bond motifs is 3. The average molecular weight is 593 g/mol. The number of benzene rings is 1. The highest BCUT2D eigenvalue weighted by molar-refractivity contribution is 5.84. The molecule has 0 N–H and O–H groups in total. The second-order valence-electron chi connectivity index (χ2n) is 11.9. The van der Waals surface area contributed by atoms with Gasteiger partial charge in [-0.3, -0.25) is 23.8 Å². The van der Waals surface area contributed by atoms with E-state index in [9.17, 15) is 0 Å².